The molecule has 1 aliphatic carbocycles. The topological polar surface area (TPSA) is 74.8 Å². The maximum Gasteiger partial charge on any atom is 0.258 e. The van der Waals surface area contributed by atoms with Gasteiger partial charge in [0.05, 0.1) is 6.54 Å². The number of carbonyl (C=O) groups excluding carboxylic acids is 1. The van der Waals surface area contributed by atoms with Gasteiger partial charge in [-0.3, -0.25) is 9.79 Å². The molecule has 2 aromatic rings. The van der Waals surface area contributed by atoms with E-state index in [4.69, 9.17) is 4.74 Å². The number of guanidine groups is 1. The molecule has 1 heterocycles. The first kappa shape index (κ1) is 24.5. The SMILES string of the molecule is CCc1ccc(CNC(=NC)NCCc2ccc(OCC(=O)NC3CC3)cc2)s1.I. The Balaban J connectivity index is 0.00000320. The molecule has 0 radical (unpaired) electrons. The van der Waals surface area contributed by atoms with Crippen LogP contribution in [-0.4, -0.2) is 38.1 Å². The first-order chi connectivity index (χ1) is 14.2. The van der Waals surface area contributed by atoms with Gasteiger partial charge in [-0.2, -0.15) is 0 Å². The van der Waals surface area contributed by atoms with E-state index < -0.39 is 0 Å². The Morgan fingerprint density at radius 3 is 2.50 bits per heavy atom. The van der Waals surface area contributed by atoms with Crippen LogP contribution in [0.5, 0.6) is 5.75 Å². The van der Waals surface area contributed by atoms with E-state index in [-0.39, 0.29) is 36.5 Å². The van der Waals surface area contributed by atoms with E-state index >= 15 is 0 Å². The first-order valence-electron chi connectivity index (χ1n) is 10.2. The van der Waals surface area contributed by atoms with Gasteiger partial charge in [-0.1, -0.05) is 19.1 Å². The Morgan fingerprint density at radius 2 is 1.87 bits per heavy atom. The summed E-state index contributed by atoms with van der Waals surface area (Å²) < 4.78 is 5.54. The Hall–Kier alpha value is -1.81. The summed E-state index contributed by atoms with van der Waals surface area (Å²) in [5, 5.41) is 9.62. The molecule has 8 heteroatoms. The molecular weight excluding hydrogens is 511 g/mol. The Labute approximate surface area is 199 Å². The molecule has 0 spiro atoms. The van der Waals surface area contributed by atoms with Gasteiger partial charge in [0.1, 0.15) is 5.75 Å². The highest BCUT2D eigenvalue weighted by Gasteiger charge is 2.23. The Bertz CT molecular complexity index is 819. The quantitative estimate of drug-likeness (QED) is 0.244. The number of benzene rings is 1. The summed E-state index contributed by atoms with van der Waals surface area (Å²) in [5.74, 6) is 1.47. The second kappa shape index (κ2) is 12.8. The van der Waals surface area contributed by atoms with Gasteiger partial charge in [0, 0.05) is 29.4 Å². The van der Waals surface area contributed by atoms with Crippen molar-refractivity contribution in [2.45, 2.75) is 45.2 Å². The number of halogens is 1. The molecule has 1 aromatic heterocycles. The normalized spacial score (nSPS) is 13.3. The minimum Gasteiger partial charge on any atom is -0.484 e. The average Bonchev–Trinajstić information content (AvgIpc) is 3.43. The van der Waals surface area contributed by atoms with Crippen molar-refractivity contribution in [3.05, 3.63) is 51.7 Å². The molecule has 164 valence electrons. The van der Waals surface area contributed by atoms with E-state index in [0.717, 1.165) is 44.7 Å². The number of rotatable bonds is 10. The van der Waals surface area contributed by atoms with Gasteiger partial charge in [-0.05, 0) is 55.5 Å². The molecule has 3 N–H and O–H groups in total. The first-order valence-corrected chi connectivity index (χ1v) is 11.0. The lowest BCUT2D eigenvalue weighted by Gasteiger charge is -2.11. The Morgan fingerprint density at radius 1 is 1.13 bits per heavy atom. The van der Waals surface area contributed by atoms with Gasteiger partial charge in [-0.15, -0.1) is 35.3 Å². The second-order valence-electron chi connectivity index (χ2n) is 7.10. The third kappa shape index (κ3) is 8.51. The molecule has 0 atom stereocenters. The van der Waals surface area contributed by atoms with Crippen molar-refractivity contribution in [3.63, 3.8) is 0 Å². The van der Waals surface area contributed by atoms with Gasteiger partial charge < -0.3 is 20.7 Å². The van der Waals surface area contributed by atoms with Gasteiger partial charge >= 0.3 is 0 Å². The smallest absolute Gasteiger partial charge is 0.258 e. The number of hydrogen-bond donors (Lipinski definition) is 3. The number of aliphatic imine (C=N–C) groups is 1. The molecule has 6 nitrogen and oxygen atoms in total. The summed E-state index contributed by atoms with van der Waals surface area (Å²) in [6.45, 7) is 3.82. The van der Waals surface area contributed by atoms with Crippen LogP contribution in [0.3, 0.4) is 0 Å². The van der Waals surface area contributed by atoms with Crippen LogP contribution in [0.1, 0.15) is 35.1 Å². The van der Waals surface area contributed by atoms with E-state index in [0.29, 0.717) is 11.8 Å². The summed E-state index contributed by atoms with van der Waals surface area (Å²) in [6.07, 6.45) is 4.13. The Kier molecular flexibility index (Phi) is 10.4. The van der Waals surface area contributed by atoms with Crippen molar-refractivity contribution >= 4 is 47.2 Å². The van der Waals surface area contributed by atoms with E-state index in [2.05, 4.69) is 40.0 Å². The van der Waals surface area contributed by atoms with Crippen LogP contribution in [0.15, 0.2) is 41.4 Å². The molecule has 1 fully saturated rings. The van der Waals surface area contributed by atoms with Crippen LogP contribution in [0.4, 0.5) is 0 Å². The van der Waals surface area contributed by atoms with Crippen LogP contribution < -0.4 is 20.7 Å². The predicted molar refractivity (Wildman–Crippen MR) is 134 cm³/mol. The van der Waals surface area contributed by atoms with Crippen molar-refractivity contribution in [1.82, 2.24) is 16.0 Å². The van der Waals surface area contributed by atoms with Gasteiger partial charge in [0.25, 0.3) is 5.91 Å². The molecule has 0 unspecified atom stereocenters. The fourth-order valence-electron chi connectivity index (χ4n) is 2.82. The van der Waals surface area contributed by atoms with Gasteiger partial charge in [-0.25, -0.2) is 0 Å². The van der Waals surface area contributed by atoms with Gasteiger partial charge in [0.15, 0.2) is 12.6 Å². The number of thiophene rings is 1. The highest BCUT2D eigenvalue weighted by Crippen LogP contribution is 2.18. The van der Waals surface area contributed by atoms with Crippen molar-refractivity contribution in [2.24, 2.45) is 4.99 Å². The summed E-state index contributed by atoms with van der Waals surface area (Å²) in [5.41, 5.74) is 1.20. The number of amides is 1. The van der Waals surface area contributed by atoms with E-state index in [1.807, 2.05) is 35.6 Å². The minimum absolute atomic E-state index is 0. The zero-order chi connectivity index (χ0) is 20.5. The maximum atomic E-state index is 11.7. The third-order valence-corrected chi connectivity index (χ3v) is 5.89. The number of nitrogens with one attached hydrogen (secondary N) is 3. The second-order valence-corrected chi connectivity index (χ2v) is 8.35. The monoisotopic (exact) mass is 542 g/mol. The minimum atomic E-state index is -0.0480. The van der Waals surface area contributed by atoms with Crippen LogP contribution in [0, 0.1) is 0 Å². The average molecular weight is 542 g/mol. The van der Waals surface area contributed by atoms with Crippen LogP contribution in [-0.2, 0) is 24.2 Å². The highest BCUT2D eigenvalue weighted by molar-refractivity contribution is 14.0. The highest BCUT2D eigenvalue weighted by atomic mass is 127. The van der Waals surface area contributed by atoms with Crippen molar-refractivity contribution < 1.29 is 9.53 Å². The summed E-state index contributed by atoms with van der Waals surface area (Å²) >= 11 is 1.84. The van der Waals surface area contributed by atoms with Crippen molar-refractivity contribution in [1.29, 1.82) is 0 Å². The lowest BCUT2D eigenvalue weighted by molar-refractivity contribution is -0.123. The standard InChI is InChI=1S/C22H30N4O2S.HI/c1-3-19-10-11-20(29-19)14-25-22(23-2)24-13-12-16-4-8-18(9-5-16)28-15-21(27)26-17-6-7-17;/h4-5,8-11,17H,3,6-7,12-15H2,1-2H3,(H,26,27)(H2,23,24,25);1H. The predicted octanol–water partition coefficient (Wildman–Crippen LogP) is 3.49. The number of aryl methyl sites for hydroxylation is 1. The third-order valence-electron chi connectivity index (χ3n) is 4.66. The number of carbonyl (C=O) groups is 1. The maximum absolute atomic E-state index is 11.7. The zero-order valence-corrected chi connectivity index (χ0v) is 20.7. The fraction of sp³-hybridized carbons (Fsp3) is 0.455. The number of ether oxygens (including phenoxy) is 1. The molecule has 0 saturated heterocycles. The lowest BCUT2D eigenvalue weighted by atomic mass is 10.1. The molecule has 3 rings (SSSR count). The van der Waals surface area contributed by atoms with Crippen molar-refractivity contribution in [3.8, 4) is 5.75 Å². The van der Waals surface area contributed by atoms with Gasteiger partial charge in [0.2, 0.25) is 0 Å². The lowest BCUT2D eigenvalue weighted by Crippen LogP contribution is -2.37. The van der Waals surface area contributed by atoms with E-state index in [9.17, 15) is 4.79 Å². The number of hydrogen-bond acceptors (Lipinski definition) is 4. The van der Waals surface area contributed by atoms with Crippen molar-refractivity contribution in [2.75, 3.05) is 20.2 Å². The molecular formula is C22H31IN4O2S. The van der Waals surface area contributed by atoms with Crippen LogP contribution in [0.25, 0.3) is 0 Å². The summed E-state index contributed by atoms with van der Waals surface area (Å²) in [6, 6.07) is 12.6. The number of nitrogens with zero attached hydrogens (tertiary/aromatic N) is 1. The van der Waals surface area contributed by atoms with Crippen LogP contribution in [0.2, 0.25) is 0 Å². The molecule has 30 heavy (non-hydrogen) atoms. The van der Waals surface area contributed by atoms with E-state index in [1.54, 1.807) is 7.05 Å². The van der Waals surface area contributed by atoms with Crippen LogP contribution >= 0.6 is 35.3 Å². The molecule has 1 saturated carbocycles. The van der Waals surface area contributed by atoms with E-state index in [1.165, 1.54) is 15.3 Å². The fourth-order valence-corrected chi connectivity index (χ4v) is 3.72. The summed E-state index contributed by atoms with van der Waals surface area (Å²) in [7, 11) is 1.78. The molecule has 1 amide bonds. The molecule has 0 bridgehead atoms. The molecule has 0 aliphatic heterocycles. The largest absolute Gasteiger partial charge is 0.484 e. The molecule has 1 aromatic carbocycles. The molecule has 1 aliphatic rings. The summed E-state index contributed by atoms with van der Waals surface area (Å²) in [4.78, 5) is 18.7. The zero-order valence-electron chi connectivity index (χ0n) is 17.6.